The maximum absolute atomic E-state index is 8.52. The van der Waals surface area contributed by atoms with Gasteiger partial charge in [-0.05, 0) is 12.1 Å². The number of nitrogens with zero attached hydrogens (tertiary/aromatic N) is 2. The largest absolute Gasteiger partial charge is 0.495 e. The lowest BCUT2D eigenvalue weighted by Gasteiger charge is -1.98. The van der Waals surface area contributed by atoms with Crippen LogP contribution in [0.5, 0.6) is 5.75 Å². The molecule has 1 rings (SSSR count). The quantitative estimate of drug-likeness (QED) is 0.655. The molecule has 0 spiro atoms. The zero-order valence-corrected chi connectivity index (χ0v) is 7.61. The van der Waals surface area contributed by atoms with Crippen molar-refractivity contribution in [2.24, 2.45) is 0 Å². The number of nitriles is 2. The van der Waals surface area contributed by atoms with Crippen LogP contribution >= 0.6 is 0 Å². The van der Waals surface area contributed by atoms with E-state index in [0.717, 1.165) is 0 Å². The van der Waals surface area contributed by atoms with Gasteiger partial charge < -0.3 is 4.74 Å². The summed E-state index contributed by atoms with van der Waals surface area (Å²) in [5.74, 6) is 0.630. The monoisotopic (exact) mass is 174 g/mol. The van der Waals surface area contributed by atoms with Gasteiger partial charge in [0.25, 0.3) is 0 Å². The zero-order chi connectivity index (χ0) is 10.1. The van der Waals surface area contributed by atoms with Crippen molar-refractivity contribution in [1.29, 1.82) is 10.5 Å². The summed E-state index contributed by atoms with van der Waals surface area (Å²) in [6.07, 6.45) is 0. The third-order valence-corrected chi connectivity index (χ3v) is 1.23. The van der Waals surface area contributed by atoms with Crippen LogP contribution in [0, 0.1) is 22.7 Å². The lowest BCUT2D eigenvalue weighted by molar-refractivity contribution is 0.413. The number of benzene rings is 1. The van der Waals surface area contributed by atoms with Gasteiger partial charge in [0, 0.05) is 6.92 Å². The van der Waals surface area contributed by atoms with Crippen molar-refractivity contribution in [2.45, 2.75) is 6.92 Å². The van der Waals surface area contributed by atoms with Crippen molar-refractivity contribution in [2.75, 3.05) is 7.11 Å². The summed E-state index contributed by atoms with van der Waals surface area (Å²) in [4.78, 5) is 0. The number of hydrogen-bond acceptors (Lipinski definition) is 3. The molecule has 1 aromatic carbocycles. The van der Waals surface area contributed by atoms with Gasteiger partial charge in [0.15, 0.2) is 0 Å². The minimum absolute atomic E-state index is 0.574. The van der Waals surface area contributed by atoms with E-state index in [1.54, 1.807) is 31.4 Å². The number of hydrogen-bond donors (Lipinski definition) is 0. The van der Waals surface area contributed by atoms with Gasteiger partial charge >= 0.3 is 0 Å². The molecule has 0 aliphatic rings. The van der Waals surface area contributed by atoms with Gasteiger partial charge in [-0.1, -0.05) is 12.1 Å². The number of para-hydroxylation sites is 1. The molecular formula is C10H10N2O. The number of rotatable bonds is 1. The highest BCUT2D eigenvalue weighted by molar-refractivity contribution is 5.42. The van der Waals surface area contributed by atoms with Gasteiger partial charge in [-0.25, -0.2) is 0 Å². The number of ether oxygens (including phenoxy) is 1. The van der Waals surface area contributed by atoms with Crippen LogP contribution in [0.15, 0.2) is 24.3 Å². The summed E-state index contributed by atoms with van der Waals surface area (Å²) in [5.41, 5.74) is 0.574. The van der Waals surface area contributed by atoms with Crippen LogP contribution in [0.4, 0.5) is 0 Å². The van der Waals surface area contributed by atoms with Gasteiger partial charge in [-0.3, -0.25) is 0 Å². The molecule has 0 saturated carbocycles. The van der Waals surface area contributed by atoms with Crippen LogP contribution in [0.3, 0.4) is 0 Å². The Hall–Kier alpha value is -2.00. The molecule has 0 fully saturated rings. The molecule has 0 aliphatic carbocycles. The van der Waals surface area contributed by atoms with E-state index >= 15 is 0 Å². The van der Waals surface area contributed by atoms with Gasteiger partial charge in [0.1, 0.15) is 11.8 Å². The molecule has 0 atom stereocenters. The average Bonchev–Trinajstić information content (AvgIpc) is 2.19. The lowest BCUT2D eigenvalue weighted by atomic mass is 10.2. The summed E-state index contributed by atoms with van der Waals surface area (Å²) in [6, 6.07) is 10.9. The van der Waals surface area contributed by atoms with E-state index in [1.165, 1.54) is 6.92 Å². The highest BCUT2D eigenvalue weighted by atomic mass is 16.5. The van der Waals surface area contributed by atoms with Crippen molar-refractivity contribution in [3.63, 3.8) is 0 Å². The molecule has 0 heterocycles. The zero-order valence-electron chi connectivity index (χ0n) is 7.61. The van der Waals surface area contributed by atoms with Crippen molar-refractivity contribution >= 4 is 0 Å². The van der Waals surface area contributed by atoms with E-state index in [9.17, 15) is 0 Å². The Morgan fingerprint density at radius 3 is 2.15 bits per heavy atom. The number of methoxy groups -OCH3 is 1. The standard InChI is InChI=1S/C8H7NO.C2H3N/c1-10-8-5-3-2-4-7(8)6-9;1-2-3/h2-5H,1H3;1H3. The van der Waals surface area contributed by atoms with Gasteiger partial charge in [-0.2, -0.15) is 10.5 Å². The maximum atomic E-state index is 8.52. The predicted molar refractivity (Wildman–Crippen MR) is 49.0 cm³/mol. The average molecular weight is 174 g/mol. The highest BCUT2D eigenvalue weighted by Crippen LogP contribution is 2.14. The van der Waals surface area contributed by atoms with Crippen molar-refractivity contribution in [3.05, 3.63) is 29.8 Å². The first-order valence-corrected chi connectivity index (χ1v) is 3.64. The molecule has 3 heteroatoms. The Morgan fingerprint density at radius 1 is 1.23 bits per heavy atom. The smallest absolute Gasteiger partial charge is 0.136 e. The lowest BCUT2D eigenvalue weighted by Crippen LogP contribution is -1.85. The van der Waals surface area contributed by atoms with Crippen molar-refractivity contribution < 1.29 is 4.74 Å². The first-order chi connectivity index (χ1) is 6.29. The Balaban J connectivity index is 0.000000424. The fraction of sp³-hybridized carbons (Fsp3) is 0.200. The normalized spacial score (nSPS) is 7.08. The van der Waals surface area contributed by atoms with Gasteiger partial charge in [0.2, 0.25) is 0 Å². The topological polar surface area (TPSA) is 56.8 Å². The second-order valence-corrected chi connectivity index (χ2v) is 2.04. The van der Waals surface area contributed by atoms with E-state index in [0.29, 0.717) is 11.3 Å². The van der Waals surface area contributed by atoms with E-state index in [-0.39, 0.29) is 0 Å². The minimum atomic E-state index is 0.574. The van der Waals surface area contributed by atoms with Crippen LogP contribution in [-0.2, 0) is 0 Å². The molecule has 0 aromatic heterocycles. The molecule has 66 valence electrons. The maximum Gasteiger partial charge on any atom is 0.136 e. The molecule has 3 nitrogen and oxygen atoms in total. The molecule has 0 amide bonds. The van der Waals surface area contributed by atoms with Crippen LogP contribution in [0.2, 0.25) is 0 Å². The Labute approximate surface area is 77.8 Å². The molecule has 0 N–H and O–H groups in total. The van der Waals surface area contributed by atoms with E-state index in [1.807, 2.05) is 12.1 Å². The third kappa shape index (κ3) is 3.79. The first kappa shape index (κ1) is 11.0. The predicted octanol–water partition coefficient (Wildman–Crippen LogP) is 2.10. The summed E-state index contributed by atoms with van der Waals surface area (Å²) >= 11 is 0. The molecule has 13 heavy (non-hydrogen) atoms. The summed E-state index contributed by atoms with van der Waals surface area (Å²) in [6.45, 7) is 1.43. The van der Waals surface area contributed by atoms with E-state index in [4.69, 9.17) is 15.3 Å². The molecule has 0 unspecified atom stereocenters. The Kier molecular flexibility index (Phi) is 5.66. The fourth-order valence-electron chi connectivity index (χ4n) is 0.737. The summed E-state index contributed by atoms with van der Waals surface area (Å²) < 4.78 is 4.91. The second-order valence-electron chi connectivity index (χ2n) is 2.04. The van der Waals surface area contributed by atoms with Gasteiger partial charge in [0.05, 0.1) is 18.7 Å². The van der Waals surface area contributed by atoms with Crippen molar-refractivity contribution in [3.8, 4) is 17.9 Å². The summed E-state index contributed by atoms with van der Waals surface area (Å²) in [5, 5.41) is 15.8. The molecular weight excluding hydrogens is 164 g/mol. The SMILES string of the molecule is CC#N.COc1ccccc1C#N. The second kappa shape index (κ2) is 6.69. The minimum Gasteiger partial charge on any atom is -0.495 e. The first-order valence-electron chi connectivity index (χ1n) is 3.64. The van der Waals surface area contributed by atoms with Crippen molar-refractivity contribution in [1.82, 2.24) is 0 Å². The molecule has 1 aromatic rings. The molecule has 0 aliphatic heterocycles. The fourth-order valence-corrected chi connectivity index (χ4v) is 0.737. The Bertz CT molecular complexity index is 334. The van der Waals surface area contributed by atoms with Crippen LogP contribution in [-0.4, -0.2) is 7.11 Å². The molecule has 0 bridgehead atoms. The molecule has 0 saturated heterocycles. The highest BCUT2D eigenvalue weighted by Gasteiger charge is 1.96. The van der Waals surface area contributed by atoms with E-state index in [2.05, 4.69) is 0 Å². The Morgan fingerprint density at radius 2 is 1.77 bits per heavy atom. The summed E-state index contributed by atoms with van der Waals surface area (Å²) in [7, 11) is 1.55. The van der Waals surface area contributed by atoms with E-state index < -0.39 is 0 Å². The van der Waals surface area contributed by atoms with Crippen LogP contribution < -0.4 is 4.74 Å². The van der Waals surface area contributed by atoms with Crippen LogP contribution in [0.1, 0.15) is 12.5 Å². The van der Waals surface area contributed by atoms with Gasteiger partial charge in [-0.15, -0.1) is 0 Å². The molecule has 0 radical (unpaired) electrons. The van der Waals surface area contributed by atoms with Crippen LogP contribution in [0.25, 0.3) is 0 Å². The third-order valence-electron chi connectivity index (χ3n) is 1.23.